The van der Waals surface area contributed by atoms with E-state index in [1.165, 1.54) is 32.2 Å². The highest BCUT2D eigenvalue weighted by Crippen LogP contribution is 2.26. The second kappa shape index (κ2) is 7.97. The van der Waals surface area contributed by atoms with E-state index in [0.29, 0.717) is 0 Å². The van der Waals surface area contributed by atoms with E-state index in [9.17, 15) is 4.79 Å². The topological polar surface area (TPSA) is 48.5 Å². The van der Waals surface area contributed by atoms with Gasteiger partial charge in [0, 0.05) is 45.1 Å². The fourth-order valence-corrected chi connectivity index (χ4v) is 3.97. The van der Waals surface area contributed by atoms with Gasteiger partial charge in [-0.2, -0.15) is 0 Å². The number of carbonyl (C=O) groups is 1. The maximum Gasteiger partial charge on any atom is 0.317 e. The van der Waals surface area contributed by atoms with Crippen molar-refractivity contribution in [1.29, 1.82) is 0 Å². The Morgan fingerprint density at radius 3 is 2.92 bits per heavy atom. The lowest BCUT2D eigenvalue weighted by Crippen LogP contribution is -2.45. The number of likely N-dealkylation sites (tertiary alicyclic amines) is 1. The number of amides is 2. The number of carbonyl (C=O) groups excluding carboxylic acids is 1. The molecule has 5 nitrogen and oxygen atoms in total. The van der Waals surface area contributed by atoms with Crippen LogP contribution in [0.15, 0.2) is 24.5 Å². The van der Waals surface area contributed by atoms with Crippen molar-refractivity contribution in [2.24, 2.45) is 5.92 Å². The molecule has 0 unspecified atom stereocenters. The van der Waals surface area contributed by atoms with Crippen LogP contribution in [0.25, 0.3) is 0 Å². The lowest BCUT2D eigenvalue weighted by molar-refractivity contribution is 0.189. The average molecular weight is 330 g/mol. The van der Waals surface area contributed by atoms with Gasteiger partial charge >= 0.3 is 6.03 Å². The van der Waals surface area contributed by atoms with E-state index in [1.54, 1.807) is 11.1 Å². The molecule has 2 atom stereocenters. The molecule has 24 heavy (non-hydrogen) atoms. The van der Waals surface area contributed by atoms with E-state index >= 15 is 0 Å². The molecule has 2 amide bonds. The van der Waals surface area contributed by atoms with Gasteiger partial charge in [0.1, 0.15) is 0 Å². The van der Waals surface area contributed by atoms with Gasteiger partial charge in [-0.25, -0.2) is 4.79 Å². The molecule has 1 saturated heterocycles. The molecule has 0 aromatic carbocycles. The zero-order valence-corrected chi connectivity index (χ0v) is 14.9. The number of nitrogens with zero attached hydrogens (tertiary/aromatic N) is 3. The lowest BCUT2D eigenvalue weighted by atomic mass is 10.1. The van der Waals surface area contributed by atoms with Crippen molar-refractivity contribution < 1.29 is 4.79 Å². The van der Waals surface area contributed by atoms with Crippen molar-refractivity contribution in [2.45, 2.75) is 51.1 Å². The van der Waals surface area contributed by atoms with E-state index < -0.39 is 0 Å². The summed E-state index contributed by atoms with van der Waals surface area (Å²) in [6, 6.07) is 4.24. The summed E-state index contributed by atoms with van der Waals surface area (Å²) >= 11 is 0. The van der Waals surface area contributed by atoms with E-state index in [-0.39, 0.29) is 18.1 Å². The molecule has 2 heterocycles. The quantitative estimate of drug-likeness (QED) is 0.903. The smallest absolute Gasteiger partial charge is 0.317 e. The predicted molar refractivity (Wildman–Crippen MR) is 95.7 cm³/mol. The van der Waals surface area contributed by atoms with Gasteiger partial charge < -0.3 is 15.1 Å². The fourth-order valence-electron chi connectivity index (χ4n) is 3.97. The van der Waals surface area contributed by atoms with Gasteiger partial charge in [-0.15, -0.1) is 0 Å². The first-order chi connectivity index (χ1) is 11.6. The minimum absolute atomic E-state index is 0.0130. The normalized spacial score (nSPS) is 23.3. The monoisotopic (exact) mass is 330 g/mol. The van der Waals surface area contributed by atoms with Crippen LogP contribution in [0.5, 0.6) is 0 Å². The van der Waals surface area contributed by atoms with Crippen LogP contribution in [0.3, 0.4) is 0 Å². The SMILES string of the molecule is C[C@@H](c1cccnc1)N(C)C(=O)N[C@@H]1CCN(CC2CCCC2)C1. The molecule has 1 aromatic heterocycles. The Morgan fingerprint density at radius 1 is 1.42 bits per heavy atom. The first-order valence-corrected chi connectivity index (χ1v) is 9.29. The van der Waals surface area contributed by atoms with Gasteiger partial charge in [0.05, 0.1) is 6.04 Å². The Hall–Kier alpha value is -1.62. The standard InChI is InChI=1S/C19H30N4O/c1-15(17-8-5-10-20-12-17)22(2)19(24)21-18-9-11-23(14-18)13-16-6-3-4-7-16/h5,8,10,12,15-16,18H,3-4,6-7,9,11,13-14H2,1-2H3,(H,21,24)/t15-,18+/m0/s1. The van der Waals surface area contributed by atoms with Gasteiger partial charge in [0.25, 0.3) is 0 Å². The molecule has 0 spiro atoms. The number of urea groups is 1. The summed E-state index contributed by atoms with van der Waals surface area (Å²) in [5.41, 5.74) is 1.06. The molecule has 0 radical (unpaired) electrons. The average Bonchev–Trinajstić information content (AvgIpc) is 3.27. The van der Waals surface area contributed by atoms with Crippen LogP contribution in [-0.2, 0) is 0 Å². The molecule has 132 valence electrons. The van der Waals surface area contributed by atoms with Crippen molar-refractivity contribution in [2.75, 3.05) is 26.7 Å². The van der Waals surface area contributed by atoms with Gasteiger partial charge in [-0.05, 0) is 43.7 Å². The third kappa shape index (κ3) is 4.26. The molecule has 1 aliphatic carbocycles. The Labute approximate surface area is 145 Å². The zero-order valence-electron chi connectivity index (χ0n) is 14.9. The molecule has 5 heteroatoms. The number of rotatable bonds is 5. The van der Waals surface area contributed by atoms with Crippen molar-refractivity contribution in [3.8, 4) is 0 Å². The van der Waals surface area contributed by atoms with Crippen LogP contribution in [0.2, 0.25) is 0 Å². The van der Waals surface area contributed by atoms with Crippen LogP contribution >= 0.6 is 0 Å². The Balaban J connectivity index is 1.46. The summed E-state index contributed by atoms with van der Waals surface area (Å²) in [6.45, 7) is 5.37. The molecular formula is C19H30N4O. The van der Waals surface area contributed by atoms with Crippen molar-refractivity contribution in [3.63, 3.8) is 0 Å². The van der Waals surface area contributed by atoms with E-state index in [4.69, 9.17) is 0 Å². The Morgan fingerprint density at radius 2 is 2.21 bits per heavy atom. The highest BCUT2D eigenvalue weighted by Gasteiger charge is 2.28. The first-order valence-electron chi connectivity index (χ1n) is 9.29. The highest BCUT2D eigenvalue weighted by molar-refractivity contribution is 5.74. The van der Waals surface area contributed by atoms with Crippen LogP contribution in [0.4, 0.5) is 4.79 Å². The zero-order chi connectivity index (χ0) is 16.9. The second-order valence-electron chi connectivity index (χ2n) is 7.42. The lowest BCUT2D eigenvalue weighted by Gasteiger charge is -2.27. The summed E-state index contributed by atoms with van der Waals surface area (Å²) in [5, 5.41) is 3.21. The molecule has 1 saturated carbocycles. The molecule has 1 N–H and O–H groups in total. The maximum absolute atomic E-state index is 12.5. The van der Waals surface area contributed by atoms with Crippen LogP contribution in [0.1, 0.15) is 50.6 Å². The summed E-state index contributed by atoms with van der Waals surface area (Å²) in [7, 11) is 1.86. The van der Waals surface area contributed by atoms with Crippen molar-refractivity contribution >= 4 is 6.03 Å². The molecule has 0 bridgehead atoms. The maximum atomic E-state index is 12.5. The molecular weight excluding hydrogens is 300 g/mol. The number of hydrogen-bond acceptors (Lipinski definition) is 3. The Kier molecular flexibility index (Phi) is 5.72. The summed E-state index contributed by atoms with van der Waals surface area (Å²) < 4.78 is 0. The third-order valence-electron chi connectivity index (χ3n) is 5.66. The molecule has 1 aromatic rings. The van der Waals surface area contributed by atoms with Gasteiger partial charge in [-0.3, -0.25) is 4.98 Å². The summed E-state index contributed by atoms with van der Waals surface area (Å²) in [5.74, 6) is 0.882. The largest absolute Gasteiger partial charge is 0.334 e. The van der Waals surface area contributed by atoms with Gasteiger partial charge in [0.15, 0.2) is 0 Å². The number of aromatic nitrogens is 1. The highest BCUT2D eigenvalue weighted by atomic mass is 16.2. The van der Waals surface area contributed by atoms with Crippen LogP contribution in [0, 0.1) is 5.92 Å². The van der Waals surface area contributed by atoms with E-state index in [2.05, 4.69) is 15.2 Å². The summed E-state index contributed by atoms with van der Waals surface area (Å²) in [4.78, 5) is 21.0. The van der Waals surface area contributed by atoms with E-state index in [0.717, 1.165) is 31.0 Å². The first kappa shape index (κ1) is 17.2. The second-order valence-corrected chi connectivity index (χ2v) is 7.42. The minimum atomic E-state index is 0.0130. The number of pyridine rings is 1. The van der Waals surface area contributed by atoms with E-state index in [1.807, 2.05) is 32.3 Å². The van der Waals surface area contributed by atoms with Crippen molar-refractivity contribution in [3.05, 3.63) is 30.1 Å². The summed E-state index contributed by atoms with van der Waals surface area (Å²) in [6.07, 6.45) is 10.2. The molecule has 3 rings (SSSR count). The number of nitrogens with one attached hydrogen (secondary N) is 1. The predicted octanol–water partition coefficient (Wildman–Crippen LogP) is 3.05. The molecule has 2 fully saturated rings. The molecule has 1 aliphatic heterocycles. The fraction of sp³-hybridized carbons (Fsp3) is 0.684. The van der Waals surface area contributed by atoms with Gasteiger partial charge in [0.2, 0.25) is 0 Å². The van der Waals surface area contributed by atoms with Crippen LogP contribution < -0.4 is 5.32 Å². The van der Waals surface area contributed by atoms with Crippen molar-refractivity contribution in [1.82, 2.24) is 20.1 Å². The number of hydrogen-bond donors (Lipinski definition) is 1. The van der Waals surface area contributed by atoms with Crippen LogP contribution in [-0.4, -0.2) is 53.5 Å². The van der Waals surface area contributed by atoms with Gasteiger partial charge in [-0.1, -0.05) is 18.9 Å². The molecule has 2 aliphatic rings. The minimum Gasteiger partial charge on any atom is -0.334 e. The third-order valence-corrected chi connectivity index (χ3v) is 5.66. The Bertz CT molecular complexity index is 529.